The van der Waals surface area contributed by atoms with E-state index in [1.54, 1.807) is 17.7 Å². The van der Waals surface area contributed by atoms with Gasteiger partial charge in [0.1, 0.15) is 17.0 Å². The molecule has 0 unspecified atom stereocenters. The molecule has 0 bridgehead atoms. The van der Waals surface area contributed by atoms with Crippen molar-refractivity contribution in [2.75, 3.05) is 31.1 Å². The first-order chi connectivity index (χ1) is 14.7. The van der Waals surface area contributed by atoms with Crippen molar-refractivity contribution in [1.29, 1.82) is 0 Å². The van der Waals surface area contributed by atoms with E-state index in [1.165, 1.54) is 32.5 Å². The van der Waals surface area contributed by atoms with Gasteiger partial charge in [-0.25, -0.2) is 9.97 Å². The molecule has 0 amide bonds. The molecule has 2 aromatic heterocycles. The van der Waals surface area contributed by atoms with Gasteiger partial charge in [-0.1, -0.05) is 60.2 Å². The summed E-state index contributed by atoms with van der Waals surface area (Å²) in [7, 11) is 0. The first-order valence-corrected chi connectivity index (χ1v) is 11.3. The second kappa shape index (κ2) is 8.17. The molecule has 30 heavy (non-hydrogen) atoms. The van der Waals surface area contributed by atoms with Crippen LogP contribution >= 0.6 is 11.3 Å². The number of hydrogen-bond acceptors (Lipinski definition) is 5. The fourth-order valence-corrected chi connectivity index (χ4v) is 5.30. The number of piperazine rings is 1. The number of nitrogens with zero attached hydrogens (tertiary/aromatic N) is 4. The topological polar surface area (TPSA) is 32.3 Å². The van der Waals surface area contributed by atoms with Crippen LogP contribution in [0, 0.1) is 13.8 Å². The minimum absolute atomic E-state index is 0.987. The van der Waals surface area contributed by atoms with Gasteiger partial charge in [0.05, 0.1) is 5.39 Å². The molecule has 3 heterocycles. The van der Waals surface area contributed by atoms with Gasteiger partial charge in [-0.3, -0.25) is 4.90 Å². The van der Waals surface area contributed by atoms with Gasteiger partial charge in [0.15, 0.2) is 0 Å². The highest BCUT2D eigenvalue weighted by Gasteiger charge is 2.23. The van der Waals surface area contributed by atoms with Crippen molar-refractivity contribution in [3.63, 3.8) is 0 Å². The first kappa shape index (κ1) is 19.2. The van der Waals surface area contributed by atoms with Crippen LogP contribution in [0.15, 0.2) is 60.9 Å². The van der Waals surface area contributed by atoms with Crippen LogP contribution in [0.4, 0.5) is 5.82 Å². The van der Waals surface area contributed by atoms with Crippen LogP contribution in [0.2, 0.25) is 0 Å². The Morgan fingerprint density at radius 3 is 2.33 bits per heavy atom. The molecule has 0 saturated carbocycles. The molecule has 4 nitrogen and oxygen atoms in total. The van der Waals surface area contributed by atoms with E-state index in [0.29, 0.717) is 0 Å². The van der Waals surface area contributed by atoms with E-state index in [-0.39, 0.29) is 0 Å². The summed E-state index contributed by atoms with van der Waals surface area (Å²) in [6.07, 6.45) is 1.73. The van der Waals surface area contributed by atoms with Crippen LogP contribution in [0.5, 0.6) is 0 Å². The molecule has 0 atom stereocenters. The number of fused-ring (bicyclic) bond motifs is 1. The summed E-state index contributed by atoms with van der Waals surface area (Å²) in [6.45, 7) is 9.41. The molecule has 0 spiro atoms. The summed E-state index contributed by atoms with van der Waals surface area (Å²) >= 11 is 1.77. The Morgan fingerprint density at radius 2 is 1.60 bits per heavy atom. The van der Waals surface area contributed by atoms with Gasteiger partial charge in [-0.15, -0.1) is 11.3 Å². The summed E-state index contributed by atoms with van der Waals surface area (Å²) in [6, 6.07) is 19.6. The summed E-state index contributed by atoms with van der Waals surface area (Å²) in [4.78, 5) is 16.7. The average Bonchev–Trinajstić information content (AvgIpc) is 3.11. The minimum atomic E-state index is 0.987. The maximum absolute atomic E-state index is 4.76. The lowest BCUT2D eigenvalue weighted by atomic mass is 10.0. The maximum atomic E-state index is 4.76. The van der Waals surface area contributed by atoms with Gasteiger partial charge in [0.25, 0.3) is 0 Å². The average molecular weight is 415 g/mol. The lowest BCUT2D eigenvalue weighted by Crippen LogP contribution is -2.46. The van der Waals surface area contributed by atoms with E-state index >= 15 is 0 Å². The lowest BCUT2D eigenvalue weighted by Gasteiger charge is -2.35. The van der Waals surface area contributed by atoms with Gasteiger partial charge >= 0.3 is 0 Å². The molecule has 152 valence electrons. The summed E-state index contributed by atoms with van der Waals surface area (Å²) < 4.78 is 0. The molecular weight excluding hydrogens is 388 g/mol. The zero-order valence-electron chi connectivity index (χ0n) is 17.5. The highest BCUT2D eigenvalue weighted by Crippen LogP contribution is 2.41. The van der Waals surface area contributed by atoms with E-state index < -0.39 is 0 Å². The highest BCUT2D eigenvalue weighted by molar-refractivity contribution is 7.19. The Bertz CT molecular complexity index is 1140. The Labute approximate surface area is 181 Å². The van der Waals surface area contributed by atoms with E-state index in [2.05, 4.69) is 83.2 Å². The zero-order valence-corrected chi connectivity index (χ0v) is 18.3. The van der Waals surface area contributed by atoms with Gasteiger partial charge in [-0.05, 0) is 25.0 Å². The van der Waals surface area contributed by atoms with Crippen LogP contribution < -0.4 is 4.90 Å². The summed E-state index contributed by atoms with van der Waals surface area (Å²) in [5.41, 5.74) is 5.20. The fraction of sp³-hybridized carbons (Fsp3) is 0.280. The number of aromatic nitrogens is 2. The molecule has 1 fully saturated rings. The number of anilines is 1. The second-order valence-electron chi connectivity index (χ2n) is 8.03. The molecule has 0 N–H and O–H groups in total. The third-order valence-corrected chi connectivity index (χ3v) is 6.92. The number of rotatable bonds is 4. The van der Waals surface area contributed by atoms with E-state index in [1.807, 2.05) is 0 Å². The molecule has 4 aromatic rings. The van der Waals surface area contributed by atoms with Crippen molar-refractivity contribution < 1.29 is 0 Å². The normalized spacial score (nSPS) is 15.1. The van der Waals surface area contributed by atoms with Gasteiger partial charge in [0, 0.05) is 43.2 Å². The van der Waals surface area contributed by atoms with E-state index in [4.69, 9.17) is 4.98 Å². The quantitative estimate of drug-likeness (QED) is 0.454. The fourth-order valence-electron chi connectivity index (χ4n) is 4.30. The van der Waals surface area contributed by atoms with Crippen molar-refractivity contribution in [2.45, 2.75) is 20.4 Å². The van der Waals surface area contributed by atoms with Gasteiger partial charge in [-0.2, -0.15) is 0 Å². The zero-order chi connectivity index (χ0) is 20.5. The molecule has 5 heteroatoms. The van der Waals surface area contributed by atoms with Gasteiger partial charge < -0.3 is 4.90 Å². The van der Waals surface area contributed by atoms with Crippen molar-refractivity contribution in [3.8, 4) is 11.1 Å². The number of hydrogen-bond donors (Lipinski definition) is 0. The molecular formula is C25H26N4S. The number of benzene rings is 2. The largest absolute Gasteiger partial charge is 0.353 e. The van der Waals surface area contributed by atoms with E-state index in [0.717, 1.165) is 43.4 Å². The molecule has 2 aromatic carbocycles. The highest BCUT2D eigenvalue weighted by atomic mass is 32.1. The van der Waals surface area contributed by atoms with Crippen molar-refractivity contribution in [1.82, 2.24) is 14.9 Å². The molecule has 0 radical (unpaired) electrons. The van der Waals surface area contributed by atoms with Crippen LogP contribution in [0.1, 0.15) is 16.0 Å². The predicted octanol–water partition coefficient (Wildman–Crippen LogP) is 5.30. The number of aryl methyl sites for hydroxylation is 2. The summed E-state index contributed by atoms with van der Waals surface area (Å²) in [5.74, 6) is 1.08. The van der Waals surface area contributed by atoms with Gasteiger partial charge in [0.2, 0.25) is 0 Å². The monoisotopic (exact) mass is 414 g/mol. The van der Waals surface area contributed by atoms with Crippen molar-refractivity contribution >= 4 is 27.4 Å². The summed E-state index contributed by atoms with van der Waals surface area (Å²) in [5, 5.41) is 1.21. The molecule has 5 rings (SSSR count). The smallest absolute Gasteiger partial charge is 0.141 e. The number of thiophene rings is 1. The Hall–Kier alpha value is -2.76. The Balaban J connectivity index is 1.43. The SMILES string of the molecule is Cc1ccc(-c2c(C)sc3ncnc(N4CCN(Cc5ccccc5)CC4)c23)cc1. The van der Waals surface area contributed by atoms with Crippen molar-refractivity contribution in [3.05, 3.63) is 76.9 Å². The predicted molar refractivity (Wildman–Crippen MR) is 126 cm³/mol. The van der Waals surface area contributed by atoms with Crippen LogP contribution in [0.3, 0.4) is 0 Å². The third kappa shape index (κ3) is 3.71. The third-order valence-electron chi connectivity index (χ3n) is 5.91. The van der Waals surface area contributed by atoms with Crippen LogP contribution in [-0.2, 0) is 6.54 Å². The lowest BCUT2D eigenvalue weighted by molar-refractivity contribution is 0.249. The van der Waals surface area contributed by atoms with Crippen molar-refractivity contribution in [2.24, 2.45) is 0 Å². The minimum Gasteiger partial charge on any atom is -0.353 e. The van der Waals surface area contributed by atoms with Crippen LogP contribution in [0.25, 0.3) is 21.3 Å². The van der Waals surface area contributed by atoms with Crippen LogP contribution in [-0.4, -0.2) is 41.0 Å². The Morgan fingerprint density at radius 1 is 0.867 bits per heavy atom. The Kier molecular flexibility index (Phi) is 5.23. The maximum Gasteiger partial charge on any atom is 0.141 e. The first-order valence-electron chi connectivity index (χ1n) is 10.5. The second-order valence-corrected chi connectivity index (χ2v) is 9.23. The standard InChI is InChI=1S/C25H26N4S/c1-18-8-10-21(11-9-18)22-19(2)30-25-23(22)24(26-17-27-25)29-14-12-28(13-15-29)16-20-6-4-3-5-7-20/h3-11,17H,12-16H2,1-2H3. The molecule has 1 saturated heterocycles. The molecule has 0 aliphatic carbocycles. The van der Waals surface area contributed by atoms with E-state index in [9.17, 15) is 0 Å². The molecule has 1 aliphatic heterocycles. The molecule has 1 aliphatic rings.